The van der Waals surface area contributed by atoms with Crippen LogP contribution in [0.5, 0.6) is 0 Å². The van der Waals surface area contributed by atoms with Gasteiger partial charge in [0.25, 0.3) is 0 Å². The van der Waals surface area contributed by atoms with Crippen molar-refractivity contribution in [2.24, 2.45) is 0 Å². The average Bonchev–Trinajstić information content (AvgIpc) is 2.88. The average molecular weight is 224 g/mol. The highest BCUT2D eigenvalue weighted by molar-refractivity contribution is 8.00. The maximum absolute atomic E-state index is 4.67. The standard InChI is InChI=1S/C9H8N2OS2/c1-6(9-10-5-12-11-9)7-3-4-8(13-2)14-7/h3-5H,1H2,2H3. The van der Waals surface area contributed by atoms with Gasteiger partial charge in [0.2, 0.25) is 12.2 Å². The highest BCUT2D eigenvalue weighted by Crippen LogP contribution is 2.31. The highest BCUT2D eigenvalue weighted by Gasteiger charge is 2.09. The number of hydrogen-bond acceptors (Lipinski definition) is 5. The van der Waals surface area contributed by atoms with Crippen LogP contribution in [0.15, 0.2) is 33.8 Å². The summed E-state index contributed by atoms with van der Waals surface area (Å²) in [5, 5.41) is 3.74. The topological polar surface area (TPSA) is 38.9 Å². The monoisotopic (exact) mass is 224 g/mol. The van der Waals surface area contributed by atoms with Gasteiger partial charge >= 0.3 is 0 Å². The van der Waals surface area contributed by atoms with Gasteiger partial charge in [-0.3, -0.25) is 0 Å². The van der Waals surface area contributed by atoms with Crippen molar-refractivity contribution in [2.45, 2.75) is 4.21 Å². The van der Waals surface area contributed by atoms with Gasteiger partial charge in [0.15, 0.2) is 0 Å². The first kappa shape index (κ1) is 9.48. The molecule has 0 saturated heterocycles. The summed E-state index contributed by atoms with van der Waals surface area (Å²) in [6.07, 6.45) is 3.36. The first-order chi connectivity index (χ1) is 6.81. The summed E-state index contributed by atoms with van der Waals surface area (Å²) < 4.78 is 5.92. The van der Waals surface area contributed by atoms with Crippen LogP contribution in [0, 0.1) is 0 Å². The number of nitrogens with zero attached hydrogens (tertiary/aromatic N) is 2. The van der Waals surface area contributed by atoms with E-state index in [4.69, 9.17) is 0 Å². The van der Waals surface area contributed by atoms with E-state index in [1.54, 1.807) is 23.1 Å². The fourth-order valence-electron chi connectivity index (χ4n) is 1.01. The zero-order chi connectivity index (χ0) is 9.97. The smallest absolute Gasteiger partial charge is 0.214 e. The van der Waals surface area contributed by atoms with Crippen molar-refractivity contribution in [3.8, 4) is 0 Å². The van der Waals surface area contributed by atoms with Crippen LogP contribution in [0.3, 0.4) is 0 Å². The number of thiophene rings is 1. The first-order valence-corrected chi connectivity index (χ1v) is 5.95. The molecule has 0 aromatic carbocycles. The van der Waals surface area contributed by atoms with Crippen LogP contribution >= 0.6 is 23.1 Å². The predicted octanol–water partition coefficient (Wildman–Crippen LogP) is 2.91. The zero-order valence-electron chi connectivity index (χ0n) is 7.56. The molecule has 0 aliphatic carbocycles. The van der Waals surface area contributed by atoms with E-state index in [1.807, 2.05) is 12.3 Å². The van der Waals surface area contributed by atoms with Gasteiger partial charge in [0.05, 0.1) is 4.21 Å². The molecule has 2 aromatic rings. The lowest BCUT2D eigenvalue weighted by Gasteiger charge is -1.93. The molecular weight excluding hydrogens is 216 g/mol. The Morgan fingerprint density at radius 3 is 3.00 bits per heavy atom. The molecule has 0 fully saturated rings. The molecule has 0 amide bonds. The highest BCUT2D eigenvalue weighted by atomic mass is 32.2. The van der Waals surface area contributed by atoms with Gasteiger partial charge in [0, 0.05) is 10.5 Å². The molecule has 0 saturated carbocycles. The van der Waals surface area contributed by atoms with Crippen molar-refractivity contribution in [3.63, 3.8) is 0 Å². The summed E-state index contributed by atoms with van der Waals surface area (Å²) >= 11 is 3.40. The van der Waals surface area contributed by atoms with Gasteiger partial charge in [-0.15, -0.1) is 23.1 Å². The Kier molecular flexibility index (Phi) is 2.69. The van der Waals surface area contributed by atoms with Crippen molar-refractivity contribution in [2.75, 3.05) is 6.26 Å². The number of thioether (sulfide) groups is 1. The summed E-state index contributed by atoms with van der Waals surface area (Å²) in [4.78, 5) is 5.03. The summed E-state index contributed by atoms with van der Waals surface area (Å²) in [7, 11) is 0. The zero-order valence-corrected chi connectivity index (χ0v) is 9.19. The minimum atomic E-state index is 0.555. The van der Waals surface area contributed by atoms with Crippen LogP contribution in [-0.4, -0.2) is 16.4 Å². The molecule has 0 aliphatic rings. The van der Waals surface area contributed by atoms with E-state index in [-0.39, 0.29) is 0 Å². The van der Waals surface area contributed by atoms with E-state index >= 15 is 0 Å². The van der Waals surface area contributed by atoms with Gasteiger partial charge < -0.3 is 4.52 Å². The molecule has 0 radical (unpaired) electrons. The van der Waals surface area contributed by atoms with Crippen molar-refractivity contribution in [3.05, 3.63) is 35.8 Å². The largest absolute Gasteiger partial charge is 0.342 e. The SMILES string of the molecule is C=C(c1ncon1)c1ccc(SC)s1. The third-order valence-electron chi connectivity index (χ3n) is 1.71. The molecule has 5 heteroatoms. The minimum absolute atomic E-state index is 0.555. The lowest BCUT2D eigenvalue weighted by atomic mass is 10.2. The van der Waals surface area contributed by atoms with Crippen LogP contribution < -0.4 is 0 Å². The minimum Gasteiger partial charge on any atom is -0.342 e. The number of aromatic nitrogens is 2. The molecule has 0 spiro atoms. The lowest BCUT2D eigenvalue weighted by molar-refractivity contribution is 0.415. The molecule has 3 nitrogen and oxygen atoms in total. The predicted molar refractivity (Wildman–Crippen MR) is 58.5 cm³/mol. The van der Waals surface area contributed by atoms with Crippen LogP contribution in [0.1, 0.15) is 10.7 Å². The maximum atomic E-state index is 4.67. The molecule has 0 atom stereocenters. The Morgan fingerprint density at radius 2 is 2.43 bits per heavy atom. The third-order valence-corrected chi connectivity index (χ3v) is 3.94. The Bertz CT molecular complexity index is 433. The fraction of sp³-hybridized carbons (Fsp3) is 0.111. The lowest BCUT2D eigenvalue weighted by Crippen LogP contribution is -1.84. The normalized spacial score (nSPS) is 10.4. The molecule has 2 rings (SSSR count). The Labute approximate surface area is 89.8 Å². The van der Waals surface area contributed by atoms with Gasteiger partial charge in [-0.25, -0.2) is 0 Å². The molecule has 0 unspecified atom stereocenters. The van der Waals surface area contributed by atoms with Crippen LogP contribution in [0.2, 0.25) is 0 Å². The molecule has 0 bridgehead atoms. The second kappa shape index (κ2) is 3.98. The van der Waals surface area contributed by atoms with Crippen LogP contribution in [0.4, 0.5) is 0 Å². The molecular formula is C9H8N2OS2. The van der Waals surface area contributed by atoms with Gasteiger partial charge in [-0.1, -0.05) is 11.7 Å². The molecule has 0 N–H and O–H groups in total. The van der Waals surface area contributed by atoms with E-state index in [9.17, 15) is 0 Å². The first-order valence-electron chi connectivity index (χ1n) is 3.91. The van der Waals surface area contributed by atoms with Crippen molar-refractivity contribution < 1.29 is 4.52 Å². The van der Waals surface area contributed by atoms with Crippen LogP contribution in [-0.2, 0) is 0 Å². The van der Waals surface area contributed by atoms with E-state index in [0.29, 0.717) is 5.82 Å². The van der Waals surface area contributed by atoms with Crippen molar-refractivity contribution in [1.82, 2.24) is 10.1 Å². The van der Waals surface area contributed by atoms with E-state index in [1.165, 1.54) is 10.6 Å². The third kappa shape index (κ3) is 1.73. The molecule has 72 valence electrons. The quantitative estimate of drug-likeness (QED) is 0.751. The summed E-state index contributed by atoms with van der Waals surface area (Å²) in [5.41, 5.74) is 0.809. The van der Waals surface area contributed by atoms with Crippen molar-refractivity contribution >= 4 is 28.7 Å². The molecule has 2 heterocycles. The number of rotatable bonds is 3. The summed E-state index contributed by atoms with van der Waals surface area (Å²) in [6.45, 7) is 3.93. The van der Waals surface area contributed by atoms with E-state index < -0.39 is 0 Å². The Balaban J connectivity index is 2.28. The van der Waals surface area contributed by atoms with Crippen molar-refractivity contribution in [1.29, 1.82) is 0 Å². The van der Waals surface area contributed by atoms with Gasteiger partial charge in [0.1, 0.15) is 0 Å². The second-order valence-electron chi connectivity index (χ2n) is 2.56. The Morgan fingerprint density at radius 1 is 1.57 bits per heavy atom. The van der Waals surface area contributed by atoms with Gasteiger partial charge in [-0.05, 0) is 18.4 Å². The van der Waals surface area contributed by atoms with Gasteiger partial charge in [-0.2, -0.15) is 4.98 Å². The molecule has 0 aliphatic heterocycles. The Hall–Kier alpha value is -1.07. The molecule has 14 heavy (non-hydrogen) atoms. The van der Waals surface area contributed by atoms with Crippen LogP contribution in [0.25, 0.3) is 5.57 Å². The fourth-order valence-corrected chi connectivity index (χ4v) is 2.52. The molecule has 2 aromatic heterocycles. The summed E-state index contributed by atoms with van der Waals surface area (Å²) in [5.74, 6) is 0.555. The van der Waals surface area contributed by atoms with E-state index in [0.717, 1.165) is 10.5 Å². The number of hydrogen-bond donors (Lipinski definition) is 0. The maximum Gasteiger partial charge on any atom is 0.214 e. The second-order valence-corrected chi connectivity index (χ2v) is 4.75. The van der Waals surface area contributed by atoms with E-state index in [2.05, 4.69) is 27.3 Å². The summed E-state index contributed by atoms with van der Waals surface area (Å²) in [6, 6.07) is 4.09.